The number of phenols is 1. The van der Waals surface area contributed by atoms with E-state index in [4.69, 9.17) is 4.74 Å². The van der Waals surface area contributed by atoms with Gasteiger partial charge in [0.2, 0.25) is 5.91 Å². The zero-order valence-corrected chi connectivity index (χ0v) is 11.9. The number of nitrogens with one attached hydrogen (secondary N) is 1. The summed E-state index contributed by atoms with van der Waals surface area (Å²) in [4.78, 5) is 12.2. The zero-order chi connectivity index (χ0) is 15.5. The number of phenolic OH excluding ortho intramolecular Hbond substituents is 1. The van der Waals surface area contributed by atoms with Crippen LogP contribution in [0.2, 0.25) is 0 Å². The maximum Gasteiger partial charge on any atom is 0.225 e. The van der Waals surface area contributed by atoms with E-state index in [1.165, 1.54) is 18.2 Å². The van der Waals surface area contributed by atoms with Crippen LogP contribution in [0.4, 0.5) is 10.1 Å². The van der Waals surface area contributed by atoms with E-state index in [-0.39, 0.29) is 29.7 Å². The first kappa shape index (κ1) is 14.4. The van der Waals surface area contributed by atoms with Crippen LogP contribution < -0.4 is 10.1 Å². The minimum absolute atomic E-state index is 0.0267. The highest BCUT2D eigenvalue weighted by molar-refractivity contribution is 5.92. The maximum atomic E-state index is 13.6. The number of rotatable bonds is 3. The van der Waals surface area contributed by atoms with E-state index in [2.05, 4.69) is 5.32 Å². The summed E-state index contributed by atoms with van der Waals surface area (Å²) in [5.41, 5.74) is 0.814. The monoisotopic (exact) mass is 301 g/mol. The van der Waals surface area contributed by atoms with Crippen LogP contribution in [0, 0.1) is 5.82 Å². The van der Waals surface area contributed by atoms with Crippen LogP contribution in [0.15, 0.2) is 42.5 Å². The fourth-order valence-electron chi connectivity index (χ4n) is 2.68. The molecule has 0 spiro atoms. The second kappa shape index (κ2) is 6.05. The van der Waals surface area contributed by atoms with E-state index in [9.17, 15) is 14.3 Å². The lowest BCUT2D eigenvalue weighted by Gasteiger charge is -2.25. The predicted octanol–water partition coefficient (Wildman–Crippen LogP) is 3.43. The van der Waals surface area contributed by atoms with E-state index < -0.39 is 5.82 Å². The number of halogens is 1. The molecule has 0 aliphatic carbocycles. The highest BCUT2D eigenvalue weighted by Gasteiger charge is 2.24. The lowest BCUT2D eigenvalue weighted by Crippen LogP contribution is -2.21. The molecule has 0 saturated carbocycles. The number of hydrogen-bond donors (Lipinski definition) is 2. The van der Waals surface area contributed by atoms with Crippen molar-refractivity contribution >= 4 is 11.6 Å². The van der Waals surface area contributed by atoms with Crippen molar-refractivity contribution in [3.63, 3.8) is 0 Å². The third-order valence-corrected chi connectivity index (χ3v) is 3.77. The number of amides is 1. The molecule has 1 aliphatic rings. The molecule has 4 nitrogen and oxygen atoms in total. The molecule has 0 saturated heterocycles. The molecule has 2 aromatic rings. The second-order valence-electron chi connectivity index (χ2n) is 5.26. The number of carbonyl (C=O) groups is 1. The Kier molecular flexibility index (Phi) is 3.96. The van der Waals surface area contributed by atoms with Crippen LogP contribution in [-0.4, -0.2) is 17.6 Å². The number of aromatic hydroxyl groups is 1. The van der Waals surface area contributed by atoms with Crippen molar-refractivity contribution in [1.82, 2.24) is 0 Å². The Morgan fingerprint density at radius 1 is 1.27 bits per heavy atom. The molecule has 114 valence electrons. The summed E-state index contributed by atoms with van der Waals surface area (Å²) in [6.07, 6.45) is 0.946. The Bertz CT molecular complexity index is 682. The Morgan fingerprint density at radius 2 is 2.09 bits per heavy atom. The number of carbonyl (C=O) groups excluding carboxylic acids is 1. The molecule has 0 bridgehead atoms. The molecular weight excluding hydrogens is 285 g/mol. The molecule has 1 aliphatic heterocycles. The molecule has 0 radical (unpaired) electrons. The maximum absolute atomic E-state index is 13.6. The molecule has 3 rings (SSSR count). The van der Waals surface area contributed by atoms with Crippen LogP contribution in [0.1, 0.15) is 24.3 Å². The van der Waals surface area contributed by atoms with Gasteiger partial charge in [0.1, 0.15) is 17.2 Å². The van der Waals surface area contributed by atoms with Gasteiger partial charge >= 0.3 is 0 Å². The topological polar surface area (TPSA) is 58.6 Å². The van der Waals surface area contributed by atoms with Gasteiger partial charge in [0.25, 0.3) is 0 Å². The van der Waals surface area contributed by atoms with Gasteiger partial charge in [0, 0.05) is 6.42 Å². The Morgan fingerprint density at radius 3 is 2.91 bits per heavy atom. The van der Waals surface area contributed by atoms with Crippen molar-refractivity contribution in [3.8, 4) is 11.5 Å². The fraction of sp³-hybridized carbons (Fsp3) is 0.235. The third kappa shape index (κ3) is 2.88. The van der Waals surface area contributed by atoms with Crippen LogP contribution in [0.5, 0.6) is 11.5 Å². The summed E-state index contributed by atoms with van der Waals surface area (Å²) in [6, 6.07) is 11.5. The minimum atomic E-state index is -0.652. The minimum Gasteiger partial charge on any atom is -0.506 e. The lowest BCUT2D eigenvalue weighted by molar-refractivity contribution is -0.116. The number of para-hydroxylation sites is 2. The Hall–Kier alpha value is -2.56. The van der Waals surface area contributed by atoms with Crippen molar-refractivity contribution in [1.29, 1.82) is 0 Å². The molecule has 22 heavy (non-hydrogen) atoms. The summed E-state index contributed by atoms with van der Waals surface area (Å²) < 4.78 is 19.2. The first-order valence-corrected chi connectivity index (χ1v) is 7.14. The van der Waals surface area contributed by atoms with Crippen LogP contribution in [-0.2, 0) is 4.79 Å². The third-order valence-electron chi connectivity index (χ3n) is 3.77. The van der Waals surface area contributed by atoms with Crippen molar-refractivity contribution in [2.24, 2.45) is 0 Å². The lowest BCUT2D eigenvalue weighted by atomic mass is 9.90. The molecule has 0 unspecified atom stereocenters. The smallest absolute Gasteiger partial charge is 0.225 e. The van der Waals surface area contributed by atoms with Gasteiger partial charge in [-0.25, -0.2) is 4.39 Å². The summed E-state index contributed by atoms with van der Waals surface area (Å²) >= 11 is 0. The number of ether oxygens (including phenoxy) is 1. The molecule has 1 heterocycles. The van der Waals surface area contributed by atoms with E-state index in [1.54, 1.807) is 0 Å². The molecule has 0 aromatic heterocycles. The Balaban J connectivity index is 1.73. The molecule has 1 amide bonds. The second-order valence-corrected chi connectivity index (χ2v) is 5.26. The highest BCUT2D eigenvalue weighted by Crippen LogP contribution is 2.36. The van der Waals surface area contributed by atoms with Gasteiger partial charge in [0.05, 0.1) is 6.61 Å². The standard InChI is InChI=1S/C17H16FNO3/c18-13-5-3-6-14(20)17(13)19-16(21)10-11-8-9-22-15-7-2-1-4-12(11)15/h1-7,11,20H,8-10H2,(H,19,21)/t11-/m0/s1. The average molecular weight is 301 g/mol. The Labute approximate surface area is 127 Å². The first-order chi connectivity index (χ1) is 10.6. The quantitative estimate of drug-likeness (QED) is 0.854. The van der Waals surface area contributed by atoms with Gasteiger partial charge in [-0.3, -0.25) is 4.79 Å². The van der Waals surface area contributed by atoms with Gasteiger partial charge in [-0.2, -0.15) is 0 Å². The van der Waals surface area contributed by atoms with Gasteiger partial charge in [-0.15, -0.1) is 0 Å². The van der Waals surface area contributed by atoms with Crippen LogP contribution in [0.3, 0.4) is 0 Å². The highest BCUT2D eigenvalue weighted by atomic mass is 19.1. The zero-order valence-electron chi connectivity index (χ0n) is 11.9. The molecule has 2 aromatic carbocycles. The van der Waals surface area contributed by atoms with Crippen molar-refractivity contribution in [2.45, 2.75) is 18.8 Å². The summed E-state index contributed by atoms with van der Waals surface area (Å²) in [5.74, 6) is -0.442. The van der Waals surface area contributed by atoms with Gasteiger partial charge in [-0.1, -0.05) is 24.3 Å². The van der Waals surface area contributed by atoms with Gasteiger partial charge < -0.3 is 15.2 Å². The number of anilines is 1. The molecule has 2 N–H and O–H groups in total. The largest absolute Gasteiger partial charge is 0.506 e. The van der Waals surface area contributed by atoms with Crippen molar-refractivity contribution in [3.05, 3.63) is 53.8 Å². The molecular formula is C17H16FNO3. The van der Waals surface area contributed by atoms with Crippen molar-refractivity contribution in [2.75, 3.05) is 11.9 Å². The molecule has 0 fully saturated rings. The number of hydrogen-bond acceptors (Lipinski definition) is 3. The summed E-state index contributed by atoms with van der Waals surface area (Å²) in [7, 11) is 0. The summed E-state index contributed by atoms with van der Waals surface area (Å²) in [6.45, 7) is 0.555. The van der Waals surface area contributed by atoms with E-state index in [1.807, 2.05) is 24.3 Å². The normalized spacial score (nSPS) is 16.5. The fourth-order valence-corrected chi connectivity index (χ4v) is 2.68. The molecule has 5 heteroatoms. The van der Waals surface area contributed by atoms with Gasteiger partial charge in [0.15, 0.2) is 5.82 Å². The van der Waals surface area contributed by atoms with Crippen molar-refractivity contribution < 1.29 is 19.0 Å². The van der Waals surface area contributed by atoms with E-state index >= 15 is 0 Å². The van der Waals surface area contributed by atoms with Crippen LogP contribution in [0.25, 0.3) is 0 Å². The number of fused-ring (bicyclic) bond motifs is 1. The SMILES string of the molecule is O=C(C[C@@H]1CCOc2ccccc21)Nc1c(O)cccc1F. The van der Waals surface area contributed by atoms with Gasteiger partial charge in [-0.05, 0) is 36.1 Å². The van der Waals surface area contributed by atoms with Crippen LogP contribution >= 0.6 is 0 Å². The predicted molar refractivity (Wildman–Crippen MR) is 80.6 cm³/mol. The molecule has 1 atom stereocenters. The summed E-state index contributed by atoms with van der Waals surface area (Å²) in [5, 5.41) is 12.1. The van der Waals surface area contributed by atoms with E-state index in [0.29, 0.717) is 6.61 Å². The first-order valence-electron chi connectivity index (χ1n) is 7.14. The number of benzene rings is 2. The average Bonchev–Trinajstić information content (AvgIpc) is 2.51. The van der Waals surface area contributed by atoms with E-state index in [0.717, 1.165) is 17.7 Å².